The van der Waals surface area contributed by atoms with E-state index in [0.29, 0.717) is 6.42 Å². The molecule has 5 heteroatoms. The van der Waals surface area contributed by atoms with Crippen LogP contribution < -0.4 is 4.72 Å². The van der Waals surface area contributed by atoms with Crippen molar-refractivity contribution in [3.8, 4) is 0 Å². The Morgan fingerprint density at radius 1 is 1.42 bits per heavy atom. The maximum atomic E-state index is 11.2. The van der Waals surface area contributed by atoms with E-state index in [1.54, 1.807) is 13.8 Å². The summed E-state index contributed by atoms with van der Waals surface area (Å²) < 4.78 is 24.9. The lowest BCUT2D eigenvalue weighted by Crippen LogP contribution is -2.40. The summed E-state index contributed by atoms with van der Waals surface area (Å²) >= 11 is 0. The second-order valence-electron chi connectivity index (χ2n) is 3.00. The van der Waals surface area contributed by atoms with Crippen LogP contribution in [0.2, 0.25) is 0 Å². The molecule has 2 N–H and O–H groups in total. The average Bonchev–Trinajstić information content (AvgIpc) is 2.00. The molecule has 0 saturated carbocycles. The van der Waals surface area contributed by atoms with Crippen LogP contribution in [0.1, 0.15) is 27.2 Å². The smallest absolute Gasteiger partial charge is 0.214 e. The molecular weight excluding hydrogens is 178 g/mol. The van der Waals surface area contributed by atoms with E-state index < -0.39 is 15.3 Å². The van der Waals surface area contributed by atoms with Gasteiger partial charge < -0.3 is 5.11 Å². The zero-order valence-electron chi connectivity index (χ0n) is 7.74. The summed E-state index contributed by atoms with van der Waals surface area (Å²) in [5.74, 6) is 0. The number of nitrogens with one attached hydrogen (secondary N) is 1. The fraction of sp³-hybridized carbons (Fsp3) is 1.00. The van der Waals surface area contributed by atoms with Crippen molar-refractivity contribution in [2.45, 2.75) is 38.5 Å². The monoisotopic (exact) mass is 195 g/mol. The standard InChI is InChI=1S/C7H17NO3S/c1-4-7(5-9)8-12(10,11)6(2)3/h6-9H,4-5H2,1-3H3/t7-/m0/s1. The zero-order valence-corrected chi connectivity index (χ0v) is 8.56. The Morgan fingerprint density at radius 2 is 1.92 bits per heavy atom. The number of hydrogen-bond donors (Lipinski definition) is 2. The van der Waals surface area contributed by atoms with Gasteiger partial charge in [0.25, 0.3) is 0 Å². The van der Waals surface area contributed by atoms with E-state index >= 15 is 0 Å². The van der Waals surface area contributed by atoms with E-state index in [9.17, 15) is 8.42 Å². The first-order chi connectivity index (χ1) is 5.44. The van der Waals surface area contributed by atoms with E-state index in [1.165, 1.54) is 0 Å². The van der Waals surface area contributed by atoms with Crippen molar-refractivity contribution in [2.24, 2.45) is 0 Å². The third-order valence-corrected chi connectivity index (χ3v) is 3.57. The molecule has 0 aromatic heterocycles. The highest BCUT2D eigenvalue weighted by Crippen LogP contribution is 1.99. The van der Waals surface area contributed by atoms with Crippen LogP contribution in [-0.4, -0.2) is 31.4 Å². The van der Waals surface area contributed by atoms with Gasteiger partial charge in [-0.3, -0.25) is 0 Å². The number of aliphatic hydroxyl groups excluding tert-OH is 1. The molecule has 0 bridgehead atoms. The third-order valence-electron chi connectivity index (χ3n) is 1.66. The Morgan fingerprint density at radius 3 is 2.17 bits per heavy atom. The minimum absolute atomic E-state index is 0.150. The number of rotatable bonds is 5. The van der Waals surface area contributed by atoms with Crippen LogP contribution in [0.3, 0.4) is 0 Å². The highest BCUT2D eigenvalue weighted by Gasteiger charge is 2.19. The Kier molecular flexibility index (Phi) is 4.74. The van der Waals surface area contributed by atoms with E-state index in [0.717, 1.165) is 0 Å². The Balaban J connectivity index is 4.23. The van der Waals surface area contributed by atoms with E-state index in [-0.39, 0.29) is 12.6 Å². The molecule has 0 aromatic rings. The van der Waals surface area contributed by atoms with Gasteiger partial charge in [0.2, 0.25) is 10.0 Å². The molecule has 0 rings (SSSR count). The molecule has 4 nitrogen and oxygen atoms in total. The number of hydrogen-bond acceptors (Lipinski definition) is 3. The summed E-state index contributed by atoms with van der Waals surface area (Å²) in [5.41, 5.74) is 0. The summed E-state index contributed by atoms with van der Waals surface area (Å²) in [6.07, 6.45) is 0.600. The second-order valence-corrected chi connectivity index (χ2v) is 5.27. The topological polar surface area (TPSA) is 66.4 Å². The molecule has 0 aromatic carbocycles. The van der Waals surface area contributed by atoms with Crippen molar-refractivity contribution in [2.75, 3.05) is 6.61 Å². The van der Waals surface area contributed by atoms with Crippen LogP contribution in [-0.2, 0) is 10.0 Å². The number of aliphatic hydroxyl groups is 1. The van der Waals surface area contributed by atoms with Crippen molar-refractivity contribution in [3.63, 3.8) is 0 Å². The predicted octanol–water partition coefficient (Wildman–Crippen LogP) is 0.0851. The molecule has 0 radical (unpaired) electrons. The zero-order chi connectivity index (χ0) is 9.78. The molecule has 0 amide bonds. The van der Waals surface area contributed by atoms with Crippen molar-refractivity contribution in [3.05, 3.63) is 0 Å². The van der Waals surface area contributed by atoms with E-state index in [2.05, 4.69) is 4.72 Å². The van der Waals surface area contributed by atoms with Crippen LogP contribution >= 0.6 is 0 Å². The fourth-order valence-corrected chi connectivity index (χ4v) is 1.60. The van der Waals surface area contributed by atoms with Crippen LogP contribution in [0.15, 0.2) is 0 Å². The molecule has 0 spiro atoms. The molecular formula is C7H17NO3S. The van der Waals surface area contributed by atoms with Gasteiger partial charge in [0, 0.05) is 6.04 Å². The maximum absolute atomic E-state index is 11.2. The molecule has 74 valence electrons. The molecule has 0 heterocycles. The first kappa shape index (κ1) is 11.9. The van der Waals surface area contributed by atoms with Crippen molar-refractivity contribution < 1.29 is 13.5 Å². The predicted molar refractivity (Wildman–Crippen MR) is 48.4 cm³/mol. The number of sulfonamides is 1. The normalized spacial score (nSPS) is 15.1. The van der Waals surface area contributed by atoms with Crippen LogP contribution in [0.5, 0.6) is 0 Å². The lowest BCUT2D eigenvalue weighted by atomic mass is 10.3. The highest BCUT2D eigenvalue weighted by molar-refractivity contribution is 7.90. The van der Waals surface area contributed by atoms with Crippen LogP contribution in [0.4, 0.5) is 0 Å². The van der Waals surface area contributed by atoms with Crippen LogP contribution in [0, 0.1) is 0 Å². The molecule has 0 fully saturated rings. The molecule has 0 unspecified atom stereocenters. The SMILES string of the molecule is CC[C@@H](CO)NS(=O)(=O)C(C)C. The summed E-state index contributed by atoms with van der Waals surface area (Å²) in [6, 6.07) is -0.350. The van der Waals surface area contributed by atoms with Gasteiger partial charge >= 0.3 is 0 Å². The van der Waals surface area contributed by atoms with Gasteiger partial charge in [-0.05, 0) is 20.3 Å². The first-order valence-electron chi connectivity index (χ1n) is 4.06. The lowest BCUT2D eigenvalue weighted by molar-refractivity contribution is 0.253. The molecule has 0 aliphatic carbocycles. The minimum atomic E-state index is -3.23. The Hall–Kier alpha value is -0.130. The van der Waals surface area contributed by atoms with Gasteiger partial charge in [0.15, 0.2) is 0 Å². The molecule has 0 aliphatic rings. The van der Waals surface area contributed by atoms with Gasteiger partial charge in [-0.25, -0.2) is 13.1 Å². The molecule has 12 heavy (non-hydrogen) atoms. The third kappa shape index (κ3) is 3.51. The molecule has 0 saturated heterocycles. The van der Waals surface area contributed by atoms with Gasteiger partial charge in [0.05, 0.1) is 11.9 Å². The van der Waals surface area contributed by atoms with Crippen molar-refractivity contribution in [1.29, 1.82) is 0 Å². The molecule has 0 aliphatic heterocycles. The summed E-state index contributed by atoms with van der Waals surface area (Å²) in [4.78, 5) is 0. The van der Waals surface area contributed by atoms with Gasteiger partial charge in [0.1, 0.15) is 0 Å². The largest absolute Gasteiger partial charge is 0.395 e. The lowest BCUT2D eigenvalue weighted by Gasteiger charge is -2.16. The van der Waals surface area contributed by atoms with Gasteiger partial charge in [-0.15, -0.1) is 0 Å². The molecule has 1 atom stereocenters. The van der Waals surface area contributed by atoms with Gasteiger partial charge in [-0.2, -0.15) is 0 Å². The van der Waals surface area contributed by atoms with Gasteiger partial charge in [-0.1, -0.05) is 6.92 Å². The Bertz CT molecular complexity index is 207. The summed E-state index contributed by atoms with van der Waals surface area (Å²) in [7, 11) is -3.23. The van der Waals surface area contributed by atoms with E-state index in [1.807, 2.05) is 6.92 Å². The van der Waals surface area contributed by atoms with Crippen molar-refractivity contribution >= 4 is 10.0 Å². The van der Waals surface area contributed by atoms with Crippen LogP contribution in [0.25, 0.3) is 0 Å². The summed E-state index contributed by atoms with van der Waals surface area (Å²) in [5, 5.41) is 8.30. The fourth-order valence-electron chi connectivity index (χ4n) is 0.618. The summed E-state index contributed by atoms with van der Waals surface area (Å²) in [6.45, 7) is 4.88. The minimum Gasteiger partial charge on any atom is -0.395 e. The van der Waals surface area contributed by atoms with E-state index in [4.69, 9.17) is 5.11 Å². The maximum Gasteiger partial charge on any atom is 0.214 e. The Labute approximate surface area is 74.0 Å². The first-order valence-corrected chi connectivity index (χ1v) is 5.60. The average molecular weight is 195 g/mol. The highest BCUT2D eigenvalue weighted by atomic mass is 32.2. The quantitative estimate of drug-likeness (QED) is 0.653. The van der Waals surface area contributed by atoms with Crippen molar-refractivity contribution in [1.82, 2.24) is 4.72 Å². The second kappa shape index (κ2) is 4.79.